The third-order valence-corrected chi connectivity index (χ3v) is 6.09. The molecule has 3 heterocycles. The summed E-state index contributed by atoms with van der Waals surface area (Å²) in [7, 11) is 0. The van der Waals surface area contributed by atoms with Crippen LogP contribution in [-0.2, 0) is 17.9 Å². The van der Waals surface area contributed by atoms with Crippen LogP contribution >= 0.6 is 11.6 Å². The second kappa shape index (κ2) is 7.56. The number of carbonyl (C=O) groups is 1. The van der Waals surface area contributed by atoms with Gasteiger partial charge in [0, 0.05) is 24.8 Å². The Morgan fingerprint density at radius 1 is 1.07 bits per heavy atom. The minimum Gasteiger partial charge on any atom is -0.335 e. The fourth-order valence-electron chi connectivity index (χ4n) is 4.47. The Hall–Kier alpha value is -1.98. The van der Waals surface area contributed by atoms with Gasteiger partial charge in [-0.3, -0.25) is 14.7 Å². The van der Waals surface area contributed by atoms with Crippen molar-refractivity contribution in [2.75, 3.05) is 13.1 Å². The van der Waals surface area contributed by atoms with Crippen LogP contribution in [0.15, 0.2) is 42.6 Å². The van der Waals surface area contributed by atoms with E-state index in [1.54, 1.807) is 24.4 Å². The van der Waals surface area contributed by atoms with Crippen LogP contribution in [0.1, 0.15) is 36.9 Å². The van der Waals surface area contributed by atoms with E-state index >= 15 is 0 Å². The van der Waals surface area contributed by atoms with E-state index in [9.17, 15) is 9.18 Å². The van der Waals surface area contributed by atoms with Crippen LogP contribution in [0.4, 0.5) is 4.39 Å². The number of benzene rings is 1. The first-order valence-electron chi connectivity index (χ1n) is 9.47. The molecule has 0 saturated carbocycles. The number of hydrogen-bond donors (Lipinski definition) is 0. The zero-order valence-corrected chi connectivity index (χ0v) is 16.0. The predicted octanol–water partition coefficient (Wildman–Crippen LogP) is 4.03. The van der Waals surface area contributed by atoms with Gasteiger partial charge < -0.3 is 4.90 Å². The van der Waals surface area contributed by atoms with E-state index in [4.69, 9.17) is 11.6 Å². The van der Waals surface area contributed by atoms with Crippen molar-refractivity contribution in [3.63, 3.8) is 0 Å². The first-order chi connectivity index (χ1) is 13.1. The van der Waals surface area contributed by atoms with Gasteiger partial charge in [-0.1, -0.05) is 29.8 Å². The fraction of sp³-hybridized carbons (Fsp3) is 0.429. The highest BCUT2D eigenvalue weighted by atomic mass is 35.5. The standard InChI is InChI=1S/C21H23ClFN3O/c22-18-8-3-6-16(19(18)23)14-26-13-5-10-21(26)9-4-12-25(20(21)27)15-17-7-1-2-11-24-17/h1-3,6-8,11H,4-5,9-10,12-15H2. The van der Waals surface area contributed by atoms with Crippen LogP contribution in [0.2, 0.25) is 5.02 Å². The summed E-state index contributed by atoms with van der Waals surface area (Å²) in [5, 5.41) is 0.132. The molecule has 1 unspecified atom stereocenters. The van der Waals surface area contributed by atoms with E-state index in [0.29, 0.717) is 18.7 Å². The lowest BCUT2D eigenvalue weighted by Gasteiger charge is -2.44. The van der Waals surface area contributed by atoms with Crippen LogP contribution < -0.4 is 0 Å². The maximum atomic E-state index is 14.4. The minimum atomic E-state index is -0.526. The lowest BCUT2D eigenvalue weighted by atomic mass is 9.85. The van der Waals surface area contributed by atoms with Gasteiger partial charge in [-0.05, 0) is 50.4 Å². The van der Waals surface area contributed by atoms with Gasteiger partial charge in [-0.2, -0.15) is 0 Å². The average molecular weight is 388 g/mol. The normalized spacial score (nSPS) is 23.3. The molecule has 0 aliphatic carbocycles. The summed E-state index contributed by atoms with van der Waals surface area (Å²) < 4.78 is 14.4. The second-order valence-electron chi connectivity index (χ2n) is 7.42. The van der Waals surface area contributed by atoms with Crippen molar-refractivity contribution in [1.82, 2.24) is 14.8 Å². The van der Waals surface area contributed by atoms with Gasteiger partial charge in [-0.15, -0.1) is 0 Å². The van der Waals surface area contributed by atoms with Crippen molar-refractivity contribution in [3.8, 4) is 0 Å². The van der Waals surface area contributed by atoms with Gasteiger partial charge >= 0.3 is 0 Å². The molecule has 0 N–H and O–H groups in total. The molecule has 1 atom stereocenters. The van der Waals surface area contributed by atoms with Crippen molar-refractivity contribution in [3.05, 3.63) is 64.7 Å². The Morgan fingerprint density at radius 2 is 1.89 bits per heavy atom. The molecule has 1 aromatic carbocycles. The monoisotopic (exact) mass is 387 g/mol. The number of amides is 1. The SMILES string of the molecule is O=C1N(Cc2ccccn2)CCCC12CCCN2Cc1cccc(Cl)c1F. The molecule has 4 nitrogen and oxygen atoms in total. The van der Waals surface area contributed by atoms with Crippen LogP contribution in [-0.4, -0.2) is 39.3 Å². The lowest BCUT2D eigenvalue weighted by molar-refractivity contribution is -0.148. The van der Waals surface area contributed by atoms with Crippen molar-refractivity contribution < 1.29 is 9.18 Å². The van der Waals surface area contributed by atoms with Crippen LogP contribution in [0.25, 0.3) is 0 Å². The fourth-order valence-corrected chi connectivity index (χ4v) is 4.66. The van der Waals surface area contributed by atoms with E-state index in [1.807, 2.05) is 23.1 Å². The second-order valence-corrected chi connectivity index (χ2v) is 7.83. The predicted molar refractivity (Wildman–Crippen MR) is 103 cm³/mol. The summed E-state index contributed by atoms with van der Waals surface area (Å²) in [5.74, 6) is -0.228. The Morgan fingerprint density at radius 3 is 2.67 bits per heavy atom. The first-order valence-corrected chi connectivity index (χ1v) is 9.85. The molecule has 0 radical (unpaired) electrons. The van der Waals surface area contributed by atoms with E-state index < -0.39 is 5.54 Å². The molecule has 27 heavy (non-hydrogen) atoms. The minimum absolute atomic E-state index is 0.132. The smallest absolute Gasteiger partial charge is 0.243 e. The molecule has 142 valence electrons. The summed E-state index contributed by atoms with van der Waals surface area (Å²) in [4.78, 5) is 21.9. The molecule has 2 aliphatic heterocycles. The third kappa shape index (κ3) is 3.46. The summed E-state index contributed by atoms with van der Waals surface area (Å²) in [5.41, 5.74) is 0.925. The molecule has 4 rings (SSSR count). The largest absolute Gasteiger partial charge is 0.335 e. The Kier molecular flexibility index (Phi) is 5.15. The molecule has 2 fully saturated rings. The Labute approximate surface area is 163 Å². The third-order valence-electron chi connectivity index (χ3n) is 5.80. The van der Waals surface area contributed by atoms with Gasteiger partial charge in [0.1, 0.15) is 11.4 Å². The highest BCUT2D eigenvalue weighted by molar-refractivity contribution is 6.30. The van der Waals surface area contributed by atoms with Crippen LogP contribution in [0.5, 0.6) is 0 Å². The van der Waals surface area contributed by atoms with Gasteiger partial charge in [0.05, 0.1) is 17.3 Å². The highest BCUT2D eigenvalue weighted by Crippen LogP contribution is 2.40. The van der Waals surface area contributed by atoms with Crippen molar-refractivity contribution >= 4 is 17.5 Å². The zero-order chi connectivity index (χ0) is 18.9. The van der Waals surface area contributed by atoms with E-state index in [-0.39, 0.29) is 16.7 Å². The quantitative estimate of drug-likeness (QED) is 0.794. The maximum Gasteiger partial charge on any atom is 0.243 e. The Bertz CT molecular complexity index is 831. The molecule has 2 saturated heterocycles. The van der Waals surface area contributed by atoms with E-state index in [1.165, 1.54) is 0 Å². The lowest BCUT2D eigenvalue weighted by Crippen LogP contribution is -2.59. The molecular weight excluding hydrogens is 365 g/mol. The van der Waals surface area contributed by atoms with Gasteiger partial charge in [0.15, 0.2) is 0 Å². The van der Waals surface area contributed by atoms with Crippen LogP contribution in [0, 0.1) is 5.82 Å². The highest BCUT2D eigenvalue weighted by Gasteiger charge is 2.50. The summed E-state index contributed by atoms with van der Waals surface area (Å²) in [6, 6.07) is 10.8. The number of nitrogens with zero attached hydrogens (tertiary/aromatic N) is 3. The number of likely N-dealkylation sites (tertiary alicyclic amines) is 2. The number of rotatable bonds is 4. The molecule has 2 aromatic rings. The van der Waals surface area contributed by atoms with Crippen LogP contribution in [0.3, 0.4) is 0 Å². The number of piperidine rings is 1. The number of pyridine rings is 1. The number of halogens is 2. The number of carbonyl (C=O) groups excluding carboxylic acids is 1. The summed E-state index contributed by atoms with van der Waals surface area (Å²) in [6.45, 7) is 2.49. The molecular formula is C21H23ClFN3O. The first kappa shape index (κ1) is 18.4. The molecule has 1 spiro atoms. The molecule has 1 amide bonds. The van der Waals surface area contributed by atoms with E-state index in [2.05, 4.69) is 9.88 Å². The molecule has 0 bridgehead atoms. The summed E-state index contributed by atoms with van der Waals surface area (Å²) in [6.07, 6.45) is 5.31. The number of hydrogen-bond acceptors (Lipinski definition) is 3. The van der Waals surface area contributed by atoms with E-state index in [0.717, 1.165) is 44.5 Å². The zero-order valence-electron chi connectivity index (χ0n) is 15.2. The van der Waals surface area contributed by atoms with Gasteiger partial charge in [0.2, 0.25) is 5.91 Å². The van der Waals surface area contributed by atoms with Crippen molar-refractivity contribution in [2.45, 2.75) is 44.3 Å². The van der Waals surface area contributed by atoms with Gasteiger partial charge in [-0.25, -0.2) is 4.39 Å². The molecule has 6 heteroatoms. The Balaban J connectivity index is 1.56. The van der Waals surface area contributed by atoms with Crippen molar-refractivity contribution in [1.29, 1.82) is 0 Å². The van der Waals surface area contributed by atoms with Gasteiger partial charge in [0.25, 0.3) is 0 Å². The van der Waals surface area contributed by atoms with Crippen molar-refractivity contribution in [2.24, 2.45) is 0 Å². The maximum absolute atomic E-state index is 14.4. The number of aromatic nitrogens is 1. The summed E-state index contributed by atoms with van der Waals surface area (Å²) >= 11 is 5.94. The topological polar surface area (TPSA) is 36.4 Å². The molecule has 2 aliphatic rings. The molecule has 1 aromatic heterocycles. The average Bonchev–Trinajstić information content (AvgIpc) is 3.07.